The molecule has 0 atom stereocenters. The van der Waals surface area contributed by atoms with Crippen molar-refractivity contribution in [3.63, 3.8) is 0 Å². The van der Waals surface area contributed by atoms with E-state index >= 15 is 0 Å². The van der Waals surface area contributed by atoms with Gasteiger partial charge in [0, 0.05) is 35.6 Å². The van der Waals surface area contributed by atoms with Crippen molar-refractivity contribution in [3.05, 3.63) is 0 Å². The van der Waals surface area contributed by atoms with Gasteiger partial charge in [-0.25, -0.2) is 0 Å². The van der Waals surface area contributed by atoms with Gasteiger partial charge in [0.15, 0.2) is 0 Å². The van der Waals surface area contributed by atoms with Gasteiger partial charge in [0.1, 0.15) is 0 Å². The number of hydrogen-bond donors (Lipinski definition) is 0. The molecule has 35 valence electrons. The molecule has 0 saturated carbocycles. The molecule has 0 aromatic rings. The van der Waals surface area contributed by atoms with Gasteiger partial charge >= 0.3 is 0 Å². The summed E-state index contributed by atoms with van der Waals surface area (Å²) in [7, 11) is 0. The largest absolute Gasteiger partial charge is 0.0654 e. The predicted molar refractivity (Wildman–Crippen MR) is 25.2 cm³/mol. The summed E-state index contributed by atoms with van der Waals surface area (Å²) in [5.74, 6) is 0. The zero-order valence-electron chi connectivity index (χ0n) is 4.70. The molecular weight excluding hydrogens is 199 g/mol. The maximum atomic E-state index is 2.21. The van der Waals surface area contributed by atoms with E-state index in [1.54, 1.807) is 0 Å². The predicted octanol–water partition coefficient (Wildman–Crippen LogP) is 2.20. The van der Waals surface area contributed by atoms with Crippen LogP contribution in [0.4, 0.5) is 0 Å². The van der Waals surface area contributed by atoms with E-state index < -0.39 is 0 Å². The molecular formula is C5H12La. The van der Waals surface area contributed by atoms with Crippen LogP contribution in [0, 0.1) is 35.6 Å². The summed E-state index contributed by atoms with van der Waals surface area (Å²) in [5.41, 5.74) is 0. The second kappa shape index (κ2) is 9.50. The molecule has 0 fully saturated rings. The molecule has 1 heteroatoms. The van der Waals surface area contributed by atoms with Crippen molar-refractivity contribution in [2.24, 2.45) is 0 Å². The summed E-state index contributed by atoms with van der Waals surface area (Å²) in [4.78, 5) is 0. The SMILES string of the molecule is CCCCC.[La]. The van der Waals surface area contributed by atoms with Crippen molar-refractivity contribution in [2.75, 3.05) is 0 Å². The molecule has 0 heterocycles. The van der Waals surface area contributed by atoms with Crippen LogP contribution in [-0.2, 0) is 0 Å². The Morgan fingerprint density at radius 3 is 1.33 bits per heavy atom. The first-order valence-electron chi connectivity index (χ1n) is 2.41. The zero-order chi connectivity index (χ0) is 4.12. The third-order valence-electron chi connectivity index (χ3n) is 0.707. The number of unbranched alkanes of at least 4 members (excludes halogenated alkanes) is 2. The Bertz CT molecular complexity index is 11.4. The van der Waals surface area contributed by atoms with Crippen LogP contribution < -0.4 is 0 Å². The van der Waals surface area contributed by atoms with Crippen molar-refractivity contribution >= 4 is 0 Å². The van der Waals surface area contributed by atoms with Gasteiger partial charge in [-0.3, -0.25) is 0 Å². The van der Waals surface area contributed by atoms with Crippen LogP contribution in [-0.4, -0.2) is 0 Å². The quantitative estimate of drug-likeness (QED) is 0.656. The Balaban J connectivity index is 0. The summed E-state index contributed by atoms with van der Waals surface area (Å²) >= 11 is 0. The zero-order valence-corrected chi connectivity index (χ0v) is 8.32. The van der Waals surface area contributed by atoms with Crippen molar-refractivity contribution in [1.82, 2.24) is 0 Å². The molecule has 0 rings (SSSR count). The van der Waals surface area contributed by atoms with Gasteiger partial charge < -0.3 is 0 Å². The molecule has 6 heavy (non-hydrogen) atoms. The third-order valence-corrected chi connectivity index (χ3v) is 0.707. The van der Waals surface area contributed by atoms with Gasteiger partial charge in [-0.2, -0.15) is 0 Å². The topological polar surface area (TPSA) is 0 Å². The Labute approximate surface area is 68.3 Å². The molecule has 1 radical (unpaired) electrons. The normalized spacial score (nSPS) is 7.00. The van der Waals surface area contributed by atoms with Gasteiger partial charge in [0.2, 0.25) is 0 Å². The fourth-order valence-electron chi connectivity index (χ4n) is 0.354. The van der Waals surface area contributed by atoms with Crippen LogP contribution in [0.15, 0.2) is 0 Å². The molecule has 0 aliphatic carbocycles. The number of rotatable bonds is 2. The molecule has 0 N–H and O–H groups in total. The number of hydrogen-bond acceptors (Lipinski definition) is 0. The van der Waals surface area contributed by atoms with Gasteiger partial charge in [-0.1, -0.05) is 33.1 Å². The van der Waals surface area contributed by atoms with Gasteiger partial charge in [0.25, 0.3) is 0 Å². The minimum Gasteiger partial charge on any atom is -0.0654 e. The first-order chi connectivity index (χ1) is 2.41. The van der Waals surface area contributed by atoms with Crippen molar-refractivity contribution in [2.45, 2.75) is 33.1 Å². The summed E-state index contributed by atoms with van der Waals surface area (Å²) < 4.78 is 0. The van der Waals surface area contributed by atoms with E-state index in [1.165, 1.54) is 19.3 Å². The maximum Gasteiger partial charge on any atom is 0 e. The Kier molecular flexibility index (Phi) is 16.2. The Hall–Kier alpha value is 1.19. The Morgan fingerprint density at radius 1 is 1.00 bits per heavy atom. The van der Waals surface area contributed by atoms with E-state index in [4.69, 9.17) is 0 Å². The van der Waals surface area contributed by atoms with E-state index in [-0.39, 0.29) is 35.6 Å². The van der Waals surface area contributed by atoms with Crippen LogP contribution in [0.2, 0.25) is 0 Å². The van der Waals surface area contributed by atoms with Crippen molar-refractivity contribution < 1.29 is 35.6 Å². The third kappa shape index (κ3) is 8.96. The molecule has 0 saturated heterocycles. The van der Waals surface area contributed by atoms with E-state index in [0.717, 1.165) is 0 Å². The molecule has 0 nitrogen and oxygen atoms in total. The van der Waals surface area contributed by atoms with E-state index in [0.29, 0.717) is 0 Å². The molecule has 0 aromatic heterocycles. The van der Waals surface area contributed by atoms with E-state index in [9.17, 15) is 0 Å². The van der Waals surface area contributed by atoms with Crippen LogP contribution in [0.25, 0.3) is 0 Å². The molecule has 0 bridgehead atoms. The van der Waals surface area contributed by atoms with Gasteiger partial charge in [-0.15, -0.1) is 0 Å². The molecule has 0 aromatic carbocycles. The minimum atomic E-state index is 0. The summed E-state index contributed by atoms with van der Waals surface area (Å²) in [6, 6.07) is 0. The van der Waals surface area contributed by atoms with Gasteiger partial charge in [-0.05, 0) is 0 Å². The minimum absolute atomic E-state index is 0. The van der Waals surface area contributed by atoms with E-state index in [2.05, 4.69) is 13.8 Å². The fraction of sp³-hybridized carbons (Fsp3) is 1.00. The second-order valence-corrected chi connectivity index (χ2v) is 1.35. The van der Waals surface area contributed by atoms with Crippen LogP contribution in [0.3, 0.4) is 0 Å². The van der Waals surface area contributed by atoms with Crippen LogP contribution in [0.1, 0.15) is 33.1 Å². The average Bonchev–Trinajstić information content (AvgIpc) is 1.41. The Morgan fingerprint density at radius 2 is 1.33 bits per heavy atom. The average molecular weight is 211 g/mol. The van der Waals surface area contributed by atoms with Crippen LogP contribution in [0.5, 0.6) is 0 Å². The monoisotopic (exact) mass is 211 g/mol. The first-order valence-corrected chi connectivity index (χ1v) is 2.41. The maximum absolute atomic E-state index is 2.21. The molecule has 0 amide bonds. The smallest absolute Gasteiger partial charge is 0 e. The summed E-state index contributed by atoms with van der Waals surface area (Å²) in [5, 5.41) is 0. The van der Waals surface area contributed by atoms with Crippen molar-refractivity contribution in [3.8, 4) is 0 Å². The molecule has 0 spiro atoms. The van der Waals surface area contributed by atoms with Gasteiger partial charge in [0.05, 0.1) is 0 Å². The summed E-state index contributed by atoms with van der Waals surface area (Å²) in [6.07, 6.45) is 4.08. The second-order valence-electron chi connectivity index (χ2n) is 1.35. The molecule has 0 aliphatic heterocycles. The molecule has 0 aliphatic rings. The van der Waals surface area contributed by atoms with Crippen LogP contribution >= 0.6 is 0 Å². The first kappa shape index (κ1) is 10.2. The van der Waals surface area contributed by atoms with E-state index in [1.807, 2.05) is 0 Å². The summed E-state index contributed by atoms with van der Waals surface area (Å²) in [6.45, 7) is 4.42. The fourth-order valence-corrected chi connectivity index (χ4v) is 0.354. The standard InChI is InChI=1S/C5H12.La/c1-3-5-4-2;/h3-5H2,1-2H3;. The molecule has 0 unspecified atom stereocenters. The van der Waals surface area contributed by atoms with Crippen molar-refractivity contribution in [1.29, 1.82) is 0 Å².